The van der Waals surface area contributed by atoms with Gasteiger partial charge in [0.1, 0.15) is 0 Å². The van der Waals surface area contributed by atoms with Gasteiger partial charge >= 0.3 is 6.03 Å². The van der Waals surface area contributed by atoms with Crippen LogP contribution in [0.3, 0.4) is 0 Å². The highest BCUT2D eigenvalue weighted by Crippen LogP contribution is 2.32. The van der Waals surface area contributed by atoms with E-state index < -0.39 is 6.03 Å². The Morgan fingerprint density at radius 2 is 2.07 bits per heavy atom. The van der Waals surface area contributed by atoms with Crippen LogP contribution in [-0.2, 0) is 0 Å². The Bertz CT molecular complexity index is 312. The first kappa shape index (κ1) is 13.2. The Morgan fingerprint density at radius 3 is 2.47 bits per heavy atom. The maximum atomic E-state index is 9.00. The molecule has 1 aliphatic carbocycles. The van der Waals surface area contributed by atoms with Crippen molar-refractivity contribution in [2.24, 2.45) is 16.9 Å². The molecule has 0 aromatic heterocycles. The average molecular weight is 206 g/mol. The van der Waals surface area contributed by atoms with Crippen LogP contribution in [0.2, 0.25) is 0 Å². The lowest BCUT2D eigenvalue weighted by Gasteiger charge is -2.24. The Kier molecular flexibility index (Phi) is 5.16. The minimum absolute atomic E-state index is 0.137. The molecule has 82 valence electrons. The van der Waals surface area contributed by atoms with E-state index in [4.69, 9.17) is 4.79 Å². The molecule has 2 amide bonds. The first-order chi connectivity index (χ1) is 6.93. The summed E-state index contributed by atoms with van der Waals surface area (Å²) in [5.74, 6) is 0. The maximum absolute atomic E-state index is 9.00. The van der Waals surface area contributed by atoms with Crippen LogP contribution in [0.4, 0.5) is 4.79 Å². The van der Waals surface area contributed by atoms with E-state index >= 15 is 0 Å². The molecule has 0 fully saturated rings. The molecule has 0 aromatic rings. The van der Waals surface area contributed by atoms with Crippen molar-refractivity contribution in [3.63, 3.8) is 0 Å². The predicted molar refractivity (Wildman–Crippen MR) is 64.1 cm³/mol. The third-order valence-corrected chi connectivity index (χ3v) is 2.10. The predicted octanol–water partition coefficient (Wildman–Crippen LogP) is 2.27. The number of primary amides is 2. The maximum Gasteiger partial charge on any atom is 0.309 e. The molecule has 0 radical (unpaired) electrons. The molecule has 3 heteroatoms. The van der Waals surface area contributed by atoms with Gasteiger partial charge in [-0.15, -0.1) is 6.58 Å². The van der Waals surface area contributed by atoms with Crippen molar-refractivity contribution in [2.45, 2.75) is 13.3 Å². The quantitative estimate of drug-likeness (QED) is 0.668. The highest BCUT2D eigenvalue weighted by atomic mass is 16.2. The summed E-state index contributed by atoms with van der Waals surface area (Å²) in [4.78, 5) is 9.00. The number of allylic oxidation sites excluding steroid dienone is 6. The van der Waals surface area contributed by atoms with Crippen LogP contribution >= 0.6 is 0 Å². The molecule has 1 rings (SSSR count). The monoisotopic (exact) mass is 206 g/mol. The summed E-state index contributed by atoms with van der Waals surface area (Å²) in [6, 6.07) is -0.833. The van der Waals surface area contributed by atoms with Crippen molar-refractivity contribution in [1.29, 1.82) is 0 Å². The molecule has 1 aliphatic rings. The normalized spacial score (nSPS) is 23.1. The van der Waals surface area contributed by atoms with Gasteiger partial charge in [0.05, 0.1) is 0 Å². The van der Waals surface area contributed by atoms with Crippen LogP contribution in [-0.4, -0.2) is 6.03 Å². The molecule has 15 heavy (non-hydrogen) atoms. The molecule has 0 saturated carbocycles. The summed E-state index contributed by atoms with van der Waals surface area (Å²) >= 11 is 0. The van der Waals surface area contributed by atoms with Gasteiger partial charge in [-0.25, -0.2) is 4.79 Å². The lowest BCUT2D eigenvalue weighted by molar-refractivity contribution is 0.256. The fourth-order valence-corrected chi connectivity index (χ4v) is 1.23. The molecule has 3 nitrogen and oxygen atoms in total. The number of rotatable bonds is 2. The number of carbonyl (C=O) groups is 1. The minimum atomic E-state index is -0.833. The second-order valence-electron chi connectivity index (χ2n) is 3.59. The summed E-state index contributed by atoms with van der Waals surface area (Å²) in [6.07, 6.45) is 11.3. The molecule has 4 N–H and O–H groups in total. The van der Waals surface area contributed by atoms with Gasteiger partial charge in [0.2, 0.25) is 0 Å². The smallest absolute Gasteiger partial charge is 0.309 e. The van der Waals surface area contributed by atoms with Gasteiger partial charge in [-0.3, -0.25) is 0 Å². The molecule has 0 aromatic carbocycles. The van der Waals surface area contributed by atoms with Crippen LogP contribution in [0.5, 0.6) is 0 Å². The number of hydrogen-bond donors (Lipinski definition) is 2. The fourth-order valence-electron chi connectivity index (χ4n) is 1.23. The Morgan fingerprint density at radius 1 is 1.53 bits per heavy atom. The van der Waals surface area contributed by atoms with Gasteiger partial charge in [0.25, 0.3) is 0 Å². The summed E-state index contributed by atoms with van der Waals surface area (Å²) in [7, 11) is 0. The van der Waals surface area contributed by atoms with E-state index in [1.54, 1.807) is 0 Å². The third kappa shape index (κ3) is 5.52. The van der Waals surface area contributed by atoms with Gasteiger partial charge in [0.15, 0.2) is 0 Å². The fraction of sp³-hybridized carbons (Fsp3) is 0.250. The highest BCUT2D eigenvalue weighted by Gasteiger charge is 2.18. The van der Waals surface area contributed by atoms with Gasteiger partial charge in [-0.05, 0) is 12.0 Å². The molecule has 0 bridgehead atoms. The number of urea groups is 1. The Labute approximate surface area is 90.8 Å². The molecule has 0 saturated heterocycles. The van der Waals surface area contributed by atoms with Crippen LogP contribution in [0.15, 0.2) is 49.1 Å². The third-order valence-electron chi connectivity index (χ3n) is 2.10. The van der Waals surface area contributed by atoms with Crippen molar-refractivity contribution in [3.05, 3.63) is 49.1 Å². The second-order valence-corrected chi connectivity index (χ2v) is 3.59. The molecule has 0 heterocycles. The zero-order valence-corrected chi connectivity index (χ0v) is 9.07. The summed E-state index contributed by atoms with van der Waals surface area (Å²) in [5, 5.41) is 0. The zero-order chi connectivity index (χ0) is 11.9. The second kappa shape index (κ2) is 5.86. The van der Waals surface area contributed by atoms with E-state index in [0.29, 0.717) is 0 Å². The van der Waals surface area contributed by atoms with Crippen LogP contribution in [0, 0.1) is 5.41 Å². The van der Waals surface area contributed by atoms with Crippen LogP contribution in [0.1, 0.15) is 13.3 Å². The van der Waals surface area contributed by atoms with Crippen molar-refractivity contribution in [2.75, 3.05) is 0 Å². The molecular formula is C12H18N2O. The van der Waals surface area contributed by atoms with E-state index in [1.807, 2.05) is 12.2 Å². The van der Waals surface area contributed by atoms with E-state index in [-0.39, 0.29) is 5.41 Å². The lowest BCUT2D eigenvalue weighted by Crippen LogP contribution is -2.18. The van der Waals surface area contributed by atoms with E-state index in [2.05, 4.69) is 49.8 Å². The van der Waals surface area contributed by atoms with Gasteiger partial charge < -0.3 is 11.5 Å². The largest absolute Gasteiger partial charge is 0.352 e. The van der Waals surface area contributed by atoms with Crippen molar-refractivity contribution < 1.29 is 4.79 Å². The standard InChI is InChI=1S/C11H14.CH4N2O/c1-4-10-7-6-8-11(3,5-2)9-10;2-1(3)4/h4-8H,1-2,9H2,3H3;(H4,2,3,4). The van der Waals surface area contributed by atoms with Crippen molar-refractivity contribution in [3.8, 4) is 0 Å². The molecule has 0 aliphatic heterocycles. The molecule has 1 unspecified atom stereocenters. The lowest BCUT2D eigenvalue weighted by atomic mass is 9.80. The number of nitrogens with two attached hydrogens (primary N) is 2. The Balaban J connectivity index is 0.000000423. The molecular weight excluding hydrogens is 188 g/mol. The topological polar surface area (TPSA) is 69.1 Å². The summed E-state index contributed by atoms with van der Waals surface area (Å²) in [6.45, 7) is 9.73. The molecule has 1 atom stereocenters. The average Bonchev–Trinajstić information content (AvgIpc) is 2.17. The number of amides is 2. The summed E-state index contributed by atoms with van der Waals surface area (Å²) < 4.78 is 0. The van der Waals surface area contributed by atoms with Crippen LogP contribution < -0.4 is 11.5 Å². The minimum Gasteiger partial charge on any atom is -0.352 e. The van der Waals surface area contributed by atoms with Gasteiger partial charge in [0, 0.05) is 5.41 Å². The van der Waals surface area contributed by atoms with Crippen molar-refractivity contribution in [1.82, 2.24) is 0 Å². The van der Waals surface area contributed by atoms with E-state index in [9.17, 15) is 0 Å². The zero-order valence-electron chi connectivity index (χ0n) is 9.07. The van der Waals surface area contributed by atoms with Crippen molar-refractivity contribution >= 4 is 6.03 Å². The van der Waals surface area contributed by atoms with Gasteiger partial charge in [-0.2, -0.15) is 0 Å². The first-order valence-electron chi connectivity index (χ1n) is 4.63. The highest BCUT2D eigenvalue weighted by molar-refractivity contribution is 5.69. The van der Waals surface area contributed by atoms with Crippen LogP contribution in [0.25, 0.3) is 0 Å². The Hall–Kier alpha value is -1.77. The van der Waals surface area contributed by atoms with E-state index in [0.717, 1.165) is 6.42 Å². The van der Waals surface area contributed by atoms with E-state index in [1.165, 1.54) is 5.57 Å². The van der Waals surface area contributed by atoms with Gasteiger partial charge in [-0.1, -0.05) is 43.9 Å². The molecule has 0 spiro atoms. The number of carbonyl (C=O) groups excluding carboxylic acids is 1. The number of hydrogen-bond acceptors (Lipinski definition) is 1. The first-order valence-corrected chi connectivity index (χ1v) is 4.63. The SMILES string of the molecule is C=CC1=CC=CC(C)(C=C)C1.NC(N)=O. The summed E-state index contributed by atoms with van der Waals surface area (Å²) in [5.41, 5.74) is 9.92.